The lowest BCUT2D eigenvalue weighted by Crippen LogP contribution is -2.27. The number of rotatable bonds is 0. The van der Waals surface area contributed by atoms with Crippen LogP contribution in [-0.2, 0) is 0 Å². The van der Waals surface area contributed by atoms with Crippen molar-refractivity contribution in [3.8, 4) is 0 Å². The van der Waals surface area contributed by atoms with Crippen molar-refractivity contribution in [2.75, 3.05) is 0 Å². The standard InChI is InChI=1S/C10H16O2/c11-6-3-7-5-1-9(8(7)4-6)10(12)2-5/h5-12H,1-4H2/t5-,6-,7+,8-,9-,10+/m0/s1. The van der Waals surface area contributed by atoms with E-state index in [0.717, 1.165) is 31.1 Å². The van der Waals surface area contributed by atoms with Crippen LogP contribution in [0.25, 0.3) is 0 Å². The molecule has 0 amide bonds. The van der Waals surface area contributed by atoms with Crippen molar-refractivity contribution in [1.82, 2.24) is 0 Å². The summed E-state index contributed by atoms with van der Waals surface area (Å²) in [6.45, 7) is 0. The molecule has 3 fully saturated rings. The molecular formula is C10H16O2. The first kappa shape index (κ1) is 7.34. The highest BCUT2D eigenvalue weighted by Crippen LogP contribution is 2.58. The summed E-state index contributed by atoms with van der Waals surface area (Å²) in [5.41, 5.74) is 0. The molecular weight excluding hydrogens is 152 g/mol. The van der Waals surface area contributed by atoms with E-state index in [-0.39, 0.29) is 12.2 Å². The van der Waals surface area contributed by atoms with Crippen LogP contribution in [0.3, 0.4) is 0 Å². The van der Waals surface area contributed by atoms with Gasteiger partial charge in [0, 0.05) is 0 Å². The van der Waals surface area contributed by atoms with E-state index < -0.39 is 0 Å². The third kappa shape index (κ3) is 0.775. The zero-order chi connectivity index (χ0) is 8.29. The Labute approximate surface area is 72.6 Å². The highest BCUT2D eigenvalue weighted by atomic mass is 16.3. The number of aliphatic hydroxyl groups is 2. The lowest BCUT2D eigenvalue weighted by atomic mass is 9.80. The molecule has 0 unspecified atom stereocenters. The minimum absolute atomic E-state index is 0.0402. The molecule has 3 saturated carbocycles. The monoisotopic (exact) mass is 168 g/mol. The summed E-state index contributed by atoms with van der Waals surface area (Å²) in [4.78, 5) is 0. The Morgan fingerprint density at radius 1 is 0.750 bits per heavy atom. The van der Waals surface area contributed by atoms with Crippen LogP contribution in [0.4, 0.5) is 0 Å². The highest BCUT2D eigenvalue weighted by molar-refractivity contribution is 5.04. The van der Waals surface area contributed by atoms with E-state index >= 15 is 0 Å². The minimum Gasteiger partial charge on any atom is -0.393 e. The maximum absolute atomic E-state index is 9.67. The molecule has 2 bridgehead atoms. The van der Waals surface area contributed by atoms with Gasteiger partial charge in [-0.1, -0.05) is 0 Å². The first-order valence-corrected chi connectivity index (χ1v) is 5.12. The van der Waals surface area contributed by atoms with Gasteiger partial charge in [-0.05, 0) is 49.4 Å². The molecule has 0 radical (unpaired) electrons. The van der Waals surface area contributed by atoms with Crippen LogP contribution in [-0.4, -0.2) is 22.4 Å². The molecule has 0 aromatic rings. The summed E-state index contributed by atoms with van der Waals surface area (Å²) in [5.74, 6) is 2.70. The van der Waals surface area contributed by atoms with Gasteiger partial charge >= 0.3 is 0 Å². The summed E-state index contributed by atoms with van der Waals surface area (Å²) < 4.78 is 0. The van der Waals surface area contributed by atoms with Gasteiger partial charge in [0.2, 0.25) is 0 Å². The zero-order valence-electron chi connectivity index (χ0n) is 7.19. The molecule has 68 valence electrons. The average Bonchev–Trinajstić information content (AvgIpc) is 2.57. The van der Waals surface area contributed by atoms with Crippen LogP contribution < -0.4 is 0 Å². The van der Waals surface area contributed by atoms with Crippen LogP contribution >= 0.6 is 0 Å². The Hall–Kier alpha value is -0.0800. The summed E-state index contributed by atoms with van der Waals surface area (Å²) >= 11 is 0. The predicted molar refractivity (Wildman–Crippen MR) is 44.4 cm³/mol. The number of aliphatic hydroxyl groups excluding tert-OH is 2. The Morgan fingerprint density at radius 2 is 1.50 bits per heavy atom. The van der Waals surface area contributed by atoms with Crippen molar-refractivity contribution >= 4 is 0 Å². The molecule has 2 N–H and O–H groups in total. The second kappa shape index (κ2) is 2.24. The molecule has 0 aliphatic heterocycles. The number of hydrogen-bond acceptors (Lipinski definition) is 2. The molecule has 0 heterocycles. The largest absolute Gasteiger partial charge is 0.393 e. The molecule has 2 heteroatoms. The van der Waals surface area contributed by atoms with Gasteiger partial charge in [-0.3, -0.25) is 0 Å². The Bertz CT molecular complexity index is 200. The van der Waals surface area contributed by atoms with Crippen molar-refractivity contribution in [3.05, 3.63) is 0 Å². The van der Waals surface area contributed by atoms with Crippen LogP contribution in [0.5, 0.6) is 0 Å². The average molecular weight is 168 g/mol. The van der Waals surface area contributed by atoms with Gasteiger partial charge in [-0.2, -0.15) is 0 Å². The number of fused-ring (bicyclic) bond motifs is 5. The van der Waals surface area contributed by atoms with Gasteiger partial charge in [0.05, 0.1) is 12.2 Å². The molecule has 0 aromatic carbocycles. The van der Waals surface area contributed by atoms with Crippen molar-refractivity contribution < 1.29 is 10.2 Å². The molecule has 3 aliphatic rings. The minimum atomic E-state index is -0.0596. The van der Waals surface area contributed by atoms with Gasteiger partial charge in [0.15, 0.2) is 0 Å². The van der Waals surface area contributed by atoms with Crippen LogP contribution in [0, 0.1) is 23.7 Å². The summed E-state index contributed by atoms with van der Waals surface area (Å²) in [6, 6.07) is 0. The molecule has 12 heavy (non-hydrogen) atoms. The van der Waals surface area contributed by atoms with Gasteiger partial charge in [0.25, 0.3) is 0 Å². The van der Waals surface area contributed by atoms with E-state index in [2.05, 4.69) is 0 Å². The smallest absolute Gasteiger partial charge is 0.0574 e. The SMILES string of the molecule is O[C@@H]1C[C@H]2[C@H](C1)[C@H]1C[C@@H]2[C@H](O)C1. The zero-order valence-corrected chi connectivity index (χ0v) is 7.19. The lowest BCUT2D eigenvalue weighted by Gasteiger charge is -2.27. The van der Waals surface area contributed by atoms with E-state index in [1.807, 2.05) is 0 Å². The van der Waals surface area contributed by atoms with Crippen molar-refractivity contribution in [2.24, 2.45) is 23.7 Å². The quantitative estimate of drug-likeness (QED) is 0.561. The van der Waals surface area contributed by atoms with E-state index in [1.54, 1.807) is 0 Å². The Kier molecular flexibility index (Phi) is 1.37. The van der Waals surface area contributed by atoms with Gasteiger partial charge < -0.3 is 10.2 Å². The molecule has 3 aliphatic carbocycles. The predicted octanol–water partition coefficient (Wildman–Crippen LogP) is 0.774. The maximum atomic E-state index is 9.67. The molecule has 0 spiro atoms. The molecule has 6 atom stereocenters. The first-order chi connectivity index (χ1) is 5.75. The normalized spacial score (nSPS) is 62.5. The molecule has 2 nitrogen and oxygen atoms in total. The van der Waals surface area contributed by atoms with E-state index in [0.29, 0.717) is 11.8 Å². The van der Waals surface area contributed by atoms with Crippen molar-refractivity contribution in [1.29, 1.82) is 0 Å². The third-order valence-electron chi connectivity index (χ3n) is 4.41. The molecule has 0 saturated heterocycles. The Morgan fingerprint density at radius 3 is 2.33 bits per heavy atom. The second-order valence-electron chi connectivity index (χ2n) is 4.92. The highest BCUT2D eigenvalue weighted by Gasteiger charge is 2.55. The van der Waals surface area contributed by atoms with Crippen LogP contribution in [0.15, 0.2) is 0 Å². The maximum Gasteiger partial charge on any atom is 0.0574 e. The summed E-state index contributed by atoms with van der Waals surface area (Å²) in [5, 5.41) is 19.2. The fourth-order valence-corrected chi connectivity index (χ4v) is 4.01. The van der Waals surface area contributed by atoms with Crippen molar-refractivity contribution in [3.63, 3.8) is 0 Å². The third-order valence-corrected chi connectivity index (χ3v) is 4.41. The molecule has 0 aromatic heterocycles. The van der Waals surface area contributed by atoms with E-state index in [9.17, 15) is 10.2 Å². The summed E-state index contributed by atoms with van der Waals surface area (Å²) in [7, 11) is 0. The van der Waals surface area contributed by atoms with E-state index in [1.165, 1.54) is 6.42 Å². The fourth-order valence-electron chi connectivity index (χ4n) is 4.01. The fraction of sp³-hybridized carbons (Fsp3) is 1.00. The van der Waals surface area contributed by atoms with E-state index in [4.69, 9.17) is 0 Å². The van der Waals surface area contributed by atoms with Gasteiger partial charge in [0.1, 0.15) is 0 Å². The Balaban J connectivity index is 1.86. The summed E-state index contributed by atoms with van der Waals surface area (Å²) in [6.07, 6.45) is 4.13. The second-order valence-corrected chi connectivity index (χ2v) is 4.92. The lowest BCUT2D eigenvalue weighted by molar-refractivity contribution is 0.0633. The number of hydrogen-bond donors (Lipinski definition) is 2. The van der Waals surface area contributed by atoms with Gasteiger partial charge in [-0.25, -0.2) is 0 Å². The van der Waals surface area contributed by atoms with Gasteiger partial charge in [-0.15, -0.1) is 0 Å². The topological polar surface area (TPSA) is 40.5 Å². The van der Waals surface area contributed by atoms with Crippen molar-refractivity contribution in [2.45, 2.75) is 37.9 Å². The first-order valence-electron chi connectivity index (χ1n) is 5.12. The molecule has 3 rings (SSSR count). The van der Waals surface area contributed by atoms with Crippen LogP contribution in [0.1, 0.15) is 25.7 Å². The van der Waals surface area contributed by atoms with Crippen LogP contribution in [0.2, 0.25) is 0 Å².